The van der Waals surface area contributed by atoms with Gasteiger partial charge in [0.2, 0.25) is 0 Å². The minimum atomic E-state index is 0.725. The molecule has 4 heteroatoms. The fraction of sp³-hybridized carbons (Fsp3) is 0.308. The molecule has 0 aliphatic heterocycles. The van der Waals surface area contributed by atoms with Crippen LogP contribution in [0.25, 0.3) is 5.69 Å². The maximum atomic E-state index is 6.26. The maximum Gasteiger partial charge on any atom is 0.0832 e. The van der Waals surface area contributed by atoms with Crippen LogP contribution in [0.5, 0.6) is 0 Å². The third-order valence-corrected chi connectivity index (χ3v) is 2.85. The number of hydrogen-bond donors (Lipinski definition) is 1. The molecule has 2 aromatic rings. The number of nitrogens with zero attached hydrogens (tertiary/aromatic N) is 2. The van der Waals surface area contributed by atoms with Gasteiger partial charge in [0.25, 0.3) is 0 Å². The van der Waals surface area contributed by atoms with Crippen molar-refractivity contribution in [2.75, 3.05) is 6.54 Å². The normalized spacial score (nSPS) is 10.8. The lowest BCUT2D eigenvalue weighted by Gasteiger charge is -2.07. The van der Waals surface area contributed by atoms with Gasteiger partial charge in [-0.2, -0.15) is 5.10 Å². The molecule has 0 atom stereocenters. The number of rotatable bonds is 4. The average molecular weight is 250 g/mol. The summed E-state index contributed by atoms with van der Waals surface area (Å²) >= 11 is 6.26. The van der Waals surface area contributed by atoms with Crippen molar-refractivity contribution in [3.63, 3.8) is 0 Å². The molecule has 0 aliphatic carbocycles. The Kier molecular flexibility index (Phi) is 3.82. The summed E-state index contributed by atoms with van der Waals surface area (Å²) in [7, 11) is 0. The third kappa shape index (κ3) is 2.87. The van der Waals surface area contributed by atoms with Gasteiger partial charge < -0.3 is 5.32 Å². The number of nitrogens with one attached hydrogen (secondary N) is 1. The largest absolute Gasteiger partial charge is 0.313 e. The van der Waals surface area contributed by atoms with E-state index in [0.29, 0.717) is 0 Å². The summed E-state index contributed by atoms with van der Waals surface area (Å²) in [6, 6.07) is 6.05. The molecule has 1 N–H and O–H groups in total. The quantitative estimate of drug-likeness (QED) is 0.903. The summed E-state index contributed by atoms with van der Waals surface area (Å²) in [4.78, 5) is 0. The monoisotopic (exact) mass is 249 g/mol. The van der Waals surface area contributed by atoms with Crippen LogP contribution in [0, 0.1) is 6.92 Å². The van der Waals surface area contributed by atoms with Crippen molar-refractivity contribution in [1.82, 2.24) is 15.1 Å². The Balaban J connectivity index is 2.25. The Morgan fingerprint density at radius 3 is 2.82 bits per heavy atom. The molecule has 0 amide bonds. The second kappa shape index (κ2) is 5.34. The first kappa shape index (κ1) is 12.1. The fourth-order valence-electron chi connectivity index (χ4n) is 1.66. The molecule has 3 nitrogen and oxygen atoms in total. The van der Waals surface area contributed by atoms with E-state index >= 15 is 0 Å². The first-order valence-electron chi connectivity index (χ1n) is 5.71. The van der Waals surface area contributed by atoms with Gasteiger partial charge in [-0.15, -0.1) is 0 Å². The second-order valence-corrected chi connectivity index (χ2v) is 4.44. The van der Waals surface area contributed by atoms with E-state index in [-0.39, 0.29) is 0 Å². The van der Waals surface area contributed by atoms with Crippen LogP contribution in [0.1, 0.15) is 18.1 Å². The van der Waals surface area contributed by atoms with Gasteiger partial charge in [-0.3, -0.25) is 0 Å². The van der Waals surface area contributed by atoms with Crippen molar-refractivity contribution >= 4 is 11.6 Å². The molecular formula is C13H16ClN3. The van der Waals surface area contributed by atoms with Crippen molar-refractivity contribution in [1.29, 1.82) is 0 Å². The summed E-state index contributed by atoms with van der Waals surface area (Å²) in [5, 5.41) is 8.25. The van der Waals surface area contributed by atoms with E-state index in [1.54, 1.807) is 4.68 Å². The van der Waals surface area contributed by atoms with E-state index in [2.05, 4.69) is 23.4 Å². The standard InChI is InChI=1S/C13H16ClN3/c1-3-15-8-11-4-5-13(12(14)6-11)17-9-10(2)7-16-17/h4-7,9,15H,3,8H2,1-2H3. The summed E-state index contributed by atoms with van der Waals surface area (Å²) in [5.41, 5.74) is 3.22. The van der Waals surface area contributed by atoms with E-state index in [1.165, 1.54) is 5.56 Å². The Morgan fingerprint density at radius 1 is 1.41 bits per heavy atom. The number of aromatic nitrogens is 2. The molecule has 0 unspecified atom stereocenters. The van der Waals surface area contributed by atoms with Gasteiger partial charge in [0.05, 0.1) is 16.9 Å². The van der Waals surface area contributed by atoms with Crippen LogP contribution in [0.4, 0.5) is 0 Å². The number of halogens is 1. The van der Waals surface area contributed by atoms with Crippen molar-refractivity contribution in [3.8, 4) is 5.69 Å². The van der Waals surface area contributed by atoms with Crippen LogP contribution in [-0.4, -0.2) is 16.3 Å². The zero-order chi connectivity index (χ0) is 12.3. The highest BCUT2D eigenvalue weighted by Gasteiger charge is 2.05. The molecule has 2 rings (SSSR count). The van der Waals surface area contributed by atoms with Gasteiger partial charge in [0.15, 0.2) is 0 Å². The molecule has 1 aromatic carbocycles. The molecule has 17 heavy (non-hydrogen) atoms. The summed E-state index contributed by atoms with van der Waals surface area (Å²) in [5.74, 6) is 0. The predicted molar refractivity (Wildman–Crippen MR) is 70.7 cm³/mol. The zero-order valence-corrected chi connectivity index (χ0v) is 10.8. The molecule has 90 valence electrons. The minimum Gasteiger partial charge on any atom is -0.313 e. The van der Waals surface area contributed by atoms with Gasteiger partial charge >= 0.3 is 0 Å². The molecule has 0 aliphatic rings. The van der Waals surface area contributed by atoms with E-state index in [1.807, 2.05) is 31.5 Å². The van der Waals surface area contributed by atoms with Crippen LogP contribution in [0.15, 0.2) is 30.6 Å². The zero-order valence-electron chi connectivity index (χ0n) is 10.1. The predicted octanol–water partition coefficient (Wildman–Crippen LogP) is 2.94. The van der Waals surface area contributed by atoms with Gasteiger partial charge in [0.1, 0.15) is 0 Å². The maximum absolute atomic E-state index is 6.26. The molecule has 0 saturated heterocycles. The SMILES string of the molecule is CCNCc1ccc(-n2cc(C)cn2)c(Cl)c1. The van der Waals surface area contributed by atoms with Crippen LogP contribution in [0.2, 0.25) is 5.02 Å². The van der Waals surface area contributed by atoms with Crippen LogP contribution >= 0.6 is 11.6 Å². The van der Waals surface area contributed by atoms with Crippen molar-refractivity contribution in [2.24, 2.45) is 0 Å². The molecule has 0 bridgehead atoms. The minimum absolute atomic E-state index is 0.725. The number of benzene rings is 1. The van der Waals surface area contributed by atoms with Gasteiger partial charge in [-0.25, -0.2) is 4.68 Å². The Hall–Kier alpha value is -1.32. The lowest BCUT2D eigenvalue weighted by molar-refractivity contribution is 0.726. The van der Waals surface area contributed by atoms with E-state index in [9.17, 15) is 0 Å². The Bertz CT molecular complexity index is 505. The van der Waals surface area contributed by atoms with E-state index < -0.39 is 0 Å². The molecule has 1 heterocycles. The van der Waals surface area contributed by atoms with Crippen molar-refractivity contribution < 1.29 is 0 Å². The van der Waals surface area contributed by atoms with Crippen LogP contribution in [-0.2, 0) is 6.54 Å². The summed E-state index contributed by atoms with van der Waals surface area (Å²) in [6.45, 7) is 5.89. The fourth-order valence-corrected chi connectivity index (χ4v) is 1.95. The number of aryl methyl sites for hydroxylation is 1. The van der Waals surface area contributed by atoms with Gasteiger partial charge in [-0.05, 0) is 36.7 Å². The molecule has 0 spiro atoms. The molecule has 0 fully saturated rings. The highest BCUT2D eigenvalue weighted by molar-refractivity contribution is 6.32. The second-order valence-electron chi connectivity index (χ2n) is 4.03. The number of hydrogen-bond acceptors (Lipinski definition) is 2. The smallest absolute Gasteiger partial charge is 0.0832 e. The molecule has 0 radical (unpaired) electrons. The lowest BCUT2D eigenvalue weighted by atomic mass is 10.2. The molecule has 1 aromatic heterocycles. The van der Waals surface area contributed by atoms with E-state index in [0.717, 1.165) is 29.4 Å². The highest BCUT2D eigenvalue weighted by Crippen LogP contribution is 2.21. The summed E-state index contributed by atoms with van der Waals surface area (Å²) < 4.78 is 1.80. The molecular weight excluding hydrogens is 234 g/mol. The first-order valence-corrected chi connectivity index (χ1v) is 6.09. The summed E-state index contributed by atoms with van der Waals surface area (Å²) in [6.07, 6.45) is 3.79. The Morgan fingerprint density at radius 2 is 2.24 bits per heavy atom. The van der Waals surface area contributed by atoms with Crippen LogP contribution in [0.3, 0.4) is 0 Å². The van der Waals surface area contributed by atoms with Gasteiger partial charge in [0, 0.05) is 12.7 Å². The van der Waals surface area contributed by atoms with Crippen molar-refractivity contribution in [2.45, 2.75) is 20.4 Å². The molecule has 0 saturated carbocycles. The van der Waals surface area contributed by atoms with E-state index in [4.69, 9.17) is 11.6 Å². The Labute approximate surface area is 106 Å². The van der Waals surface area contributed by atoms with Gasteiger partial charge in [-0.1, -0.05) is 24.6 Å². The highest BCUT2D eigenvalue weighted by atomic mass is 35.5. The average Bonchev–Trinajstić information content (AvgIpc) is 2.73. The first-order chi connectivity index (χ1) is 8.20. The third-order valence-electron chi connectivity index (χ3n) is 2.55. The topological polar surface area (TPSA) is 29.9 Å². The van der Waals surface area contributed by atoms with Crippen molar-refractivity contribution in [3.05, 3.63) is 46.7 Å². The lowest BCUT2D eigenvalue weighted by Crippen LogP contribution is -2.11. The van der Waals surface area contributed by atoms with Crippen LogP contribution < -0.4 is 5.32 Å².